The van der Waals surface area contributed by atoms with Crippen LogP contribution >= 0.6 is 0 Å². The lowest BCUT2D eigenvalue weighted by Gasteiger charge is -2.10. The zero-order valence-electron chi connectivity index (χ0n) is 14.3. The van der Waals surface area contributed by atoms with E-state index in [2.05, 4.69) is 70.4 Å². The van der Waals surface area contributed by atoms with Crippen molar-refractivity contribution < 1.29 is 33.4 Å². The molecule has 0 bridgehead atoms. The van der Waals surface area contributed by atoms with Crippen molar-refractivity contribution in [1.82, 2.24) is 0 Å². The van der Waals surface area contributed by atoms with Gasteiger partial charge in [0, 0.05) is 37.1 Å². The number of hydrogen-bond donors (Lipinski definition) is 1. The van der Waals surface area contributed by atoms with Crippen LogP contribution in [0.3, 0.4) is 0 Å². The highest BCUT2D eigenvalue weighted by Crippen LogP contribution is 2.18. The summed E-state index contributed by atoms with van der Waals surface area (Å²) in [5, 5.41) is 0. The SMILES string of the molecule is Cc1cc(C)c(-[n+]2c(C)cc(C)cc2C)c(C)c1.[O-][Cl+3]([O-])([O-])O. The molecule has 23 heavy (non-hydrogen) atoms. The predicted octanol–water partition coefficient (Wildman–Crippen LogP) is -0.310. The van der Waals surface area contributed by atoms with Crippen molar-refractivity contribution in [2.24, 2.45) is 0 Å². The second-order valence-corrected chi connectivity index (χ2v) is 6.59. The maximum atomic E-state index is 8.60. The molecule has 5 nitrogen and oxygen atoms in total. The Hall–Kier alpha value is -1.50. The summed E-state index contributed by atoms with van der Waals surface area (Å²) in [5.41, 5.74) is 9.25. The van der Waals surface area contributed by atoms with Crippen molar-refractivity contribution in [2.75, 3.05) is 0 Å². The molecule has 2 rings (SSSR count). The number of aryl methyl sites for hydroxylation is 6. The van der Waals surface area contributed by atoms with Crippen molar-refractivity contribution >= 4 is 0 Å². The number of aromatic nitrogens is 1. The highest BCUT2D eigenvalue weighted by molar-refractivity contribution is 5.43. The minimum absolute atomic E-state index is 1.29. The third-order valence-electron chi connectivity index (χ3n) is 3.44. The Morgan fingerprint density at radius 2 is 1.04 bits per heavy atom. The number of benzene rings is 1. The first kappa shape index (κ1) is 19.5. The van der Waals surface area contributed by atoms with Gasteiger partial charge in [-0.3, -0.25) is 0 Å². The summed E-state index contributed by atoms with van der Waals surface area (Å²) in [6.07, 6.45) is 0. The summed E-state index contributed by atoms with van der Waals surface area (Å²) in [7, 11) is -4.69. The van der Waals surface area contributed by atoms with Gasteiger partial charge in [-0.25, -0.2) is 0 Å². The molecule has 1 aromatic heterocycles. The molecule has 0 aliphatic rings. The molecule has 1 N–H and O–H groups in total. The first-order chi connectivity index (χ1) is 10.4. The molecule has 0 atom stereocenters. The van der Waals surface area contributed by atoms with Gasteiger partial charge in [0.1, 0.15) is 0 Å². The Morgan fingerprint density at radius 1 is 0.739 bits per heavy atom. The minimum atomic E-state index is -4.69. The Balaban J connectivity index is 0.000000463. The molecule has 0 radical (unpaired) electrons. The second-order valence-electron chi connectivity index (χ2n) is 5.79. The zero-order valence-corrected chi connectivity index (χ0v) is 15.1. The van der Waals surface area contributed by atoms with Gasteiger partial charge in [-0.1, -0.05) is 5.56 Å². The lowest BCUT2D eigenvalue weighted by Crippen LogP contribution is -2.58. The molecule has 6 heteroatoms. The van der Waals surface area contributed by atoms with E-state index in [0.717, 1.165) is 0 Å². The molecule has 0 saturated carbocycles. The third-order valence-corrected chi connectivity index (χ3v) is 3.44. The summed E-state index contributed by atoms with van der Waals surface area (Å²) >= 11 is 0. The van der Waals surface area contributed by atoms with Crippen LogP contribution in [0.15, 0.2) is 24.3 Å². The Morgan fingerprint density at radius 3 is 1.39 bits per heavy atom. The van der Waals surface area contributed by atoms with Crippen LogP contribution < -0.4 is 18.5 Å². The van der Waals surface area contributed by atoms with Gasteiger partial charge in [0.15, 0.2) is 11.4 Å². The highest BCUT2D eigenvalue weighted by Gasteiger charge is 2.19. The third kappa shape index (κ3) is 5.89. The van der Waals surface area contributed by atoms with Gasteiger partial charge in [0.05, 0.1) is 14.9 Å². The topological polar surface area (TPSA) is 93.3 Å². The maximum Gasteiger partial charge on any atom is 0.216 e. The van der Waals surface area contributed by atoms with E-state index in [1.165, 1.54) is 39.3 Å². The van der Waals surface area contributed by atoms with Gasteiger partial charge >= 0.3 is 0 Å². The molecule has 0 aliphatic heterocycles. The Kier molecular flexibility index (Phi) is 6.27. The van der Waals surface area contributed by atoms with Crippen LogP contribution in [0.4, 0.5) is 0 Å². The minimum Gasteiger partial charge on any atom is -0.183 e. The summed E-state index contributed by atoms with van der Waals surface area (Å²) in [6, 6.07) is 9.00. The van der Waals surface area contributed by atoms with Crippen LogP contribution in [0.25, 0.3) is 5.69 Å². The van der Waals surface area contributed by atoms with E-state index in [-0.39, 0.29) is 0 Å². The number of hydrogen-bond acceptors (Lipinski definition) is 4. The van der Waals surface area contributed by atoms with Crippen LogP contribution in [0.5, 0.6) is 0 Å². The van der Waals surface area contributed by atoms with Crippen LogP contribution in [0.2, 0.25) is 0 Å². The fourth-order valence-electron chi connectivity index (χ4n) is 2.99. The first-order valence-electron chi connectivity index (χ1n) is 7.11. The van der Waals surface area contributed by atoms with E-state index in [9.17, 15) is 0 Å². The fourth-order valence-corrected chi connectivity index (χ4v) is 2.99. The largest absolute Gasteiger partial charge is 0.216 e. The van der Waals surface area contributed by atoms with E-state index in [1.807, 2.05) is 0 Å². The summed E-state index contributed by atoms with van der Waals surface area (Å²) in [5.74, 6) is 0. The van der Waals surface area contributed by atoms with Crippen molar-refractivity contribution in [3.63, 3.8) is 0 Å². The Labute approximate surface area is 139 Å². The normalized spacial score (nSPS) is 11.0. The highest BCUT2D eigenvalue weighted by atomic mass is 35.7. The van der Waals surface area contributed by atoms with Gasteiger partial charge in [0.2, 0.25) is 5.69 Å². The van der Waals surface area contributed by atoms with E-state index in [0.29, 0.717) is 0 Å². The second kappa shape index (κ2) is 7.38. The van der Waals surface area contributed by atoms with Crippen molar-refractivity contribution in [3.8, 4) is 5.69 Å². The molecule has 1 heterocycles. The maximum absolute atomic E-state index is 8.60. The molecule has 0 amide bonds. The molecular weight excluding hydrogens is 318 g/mol. The predicted molar refractivity (Wildman–Crippen MR) is 78.6 cm³/mol. The van der Waals surface area contributed by atoms with Gasteiger partial charge in [0.25, 0.3) is 0 Å². The fraction of sp³-hybridized carbons (Fsp3) is 0.353. The van der Waals surface area contributed by atoms with Crippen LogP contribution in [-0.4, -0.2) is 4.66 Å². The van der Waals surface area contributed by atoms with Crippen molar-refractivity contribution in [1.29, 1.82) is 0 Å². The van der Waals surface area contributed by atoms with Crippen LogP contribution in [0, 0.1) is 51.8 Å². The average Bonchev–Trinajstić information content (AvgIpc) is 2.28. The van der Waals surface area contributed by atoms with E-state index < -0.39 is 10.2 Å². The quantitative estimate of drug-likeness (QED) is 0.721. The van der Waals surface area contributed by atoms with Crippen LogP contribution in [0.1, 0.15) is 33.6 Å². The molecule has 126 valence electrons. The number of halogens is 1. The summed E-state index contributed by atoms with van der Waals surface area (Å²) < 4.78 is 35.1. The Bertz CT molecular complexity index is 601. The van der Waals surface area contributed by atoms with E-state index in [4.69, 9.17) is 18.6 Å². The molecular formula is C17H23ClNO4+. The molecule has 0 saturated heterocycles. The molecule has 1 aromatic carbocycles. The van der Waals surface area contributed by atoms with Crippen molar-refractivity contribution in [2.45, 2.75) is 41.5 Å². The van der Waals surface area contributed by atoms with Crippen LogP contribution in [-0.2, 0) is 0 Å². The molecule has 0 fully saturated rings. The smallest absolute Gasteiger partial charge is 0.183 e. The standard InChI is InChI=1S/C17H22N.ClHO4/c1-11-7-13(3)17(14(4)8-11)18-15(5)9-12(2)10-16(18)6;2-1(3,4)5/h7-10H,1-6H3;(H,2,3,4,5)/q+1;. The molecule has 0 aliphatic carbocycles. The van der Waals surface area contributed by atoms with Gasteiger partial charge in [-0.2, -0.15) is 18.5 Å². The summed E-state index contributed by atoms with van der Waals surface area (Å²) in [4.78, 5) is 0. The first-order valence-corrected chi connectivity index (χ1v) is 8.38. The number of nitrogens with zero attached hydrogens (tertiary/aromatic N) is 1. The lowest BCUT2D eigenvalue weighted by atomic mass is 10.0. The number of rotatable bonds is 1. The van der Waals surface area contributed by atoms with Gasteiger partial charge in [-0.15, -0.1) is 0 Å². The lowest BCUT2D eigenvalue weighted by molar-refractivity contribution is -1.92. The monoisotopic (exact) mass is 340 g/mol. The van der Waals surface area contributed by atoms with E-state index in [1.54, 1.807) is 0 Å². The number of pyridine rings is 1. The molecule has 0 unspecified atom stereocenters. The molecule has 2 aromatic rings. The molecule has 0 spiro atoms. The van der Waals surface area contributed by atoms with E-state index >= 15 is 0 Å². The average molecular weight is 341 g/mol. The summed E-state index contributed by atoms with van der Waals surface area (Å²) in [6.45, 7) is 13.1. The van der Waals surface area contributed by atoms with Gasteiger partial charge < -0.3 is 0 Å². The van der Waals surface area contributed by atoms with Crippen molar-refractivity contribution in [3.05, 3.63) is 57.9 Å². The zero-order chi connectivity index (χ0) is 17.9. The van der Waals surface area contributed by atoms with Gasteiger partial charge in [-0.05, 0) is 45.4 Å².